The normalized spacial score (nSPS) is 10.9. The Balaban J connectivity index is 1.67. The van der Waals surface area contributed by atoms with Crippen LogP contribution in [0.1, 0.15) is 28.7 Å². The maximum Gasteiger partial charge on any atom is 0.488 e. The molecule has 11 heteroatoms. The lowest BCUT2D eigenvalue weighted by Gasteiger charge is -2.09. The van der Waals surface area contributed by atoms with Gasteiger partial charge in [0.25, 0.3) is 5.91 Å². The summed E-state index contributed by atoms with van der Waals surface area (Å²) in [5.41, 5.74) is 7.62. The van der Waals surface area contributed by atoms with E-state index in [-0.39, 0.29) is 0 Å². The van der Waals surface area contributed by atoms with E-state index < -0.39 is 13.0 Å². The fourth-order valence-electron chi connectivity index (χ4n) is 3.20. The zero-order chi connectivity index (χ0) is 22.0. The van der Waals surface area contributed by atoms with Crippen LogP contribution in [0.15, 0.2) is 48.8 Å². The van der Waals surface area contributed by atoms with Crippen LogP contribution in [0.2, 0.25) is 0 Å². The molecule has 0 fully saturated rings. The number of aromatic nitrogens is 5. The first-order chi connectivity index (χ1) is 15.0. The summed E-state index contributed by atoms with van der Waals surface area (Å²) >= 11 is 0. The molecule has 3 aromatic heterocycles. The van der Waals surface area contributed by atoms with Crippen molar-refractivity contribution in [1.82, 2.24) is 24.3 Å². The third-order valence-electron chi connectivity index (χ3n) is 4.73. The number of carbonyl (C=O) groups excluding carboxylic acids is 1. The number of hydrogen-bond acceptors (Lipinski definition) is 8. The summed E-state index contributed by atoms with van der Waals surface area (Å²) in [4.78, 5) is 29.5. The van der Waals surface area contributed by atoms with Gasteiger partial charge in [-0.2, -0.15) is 9.97 Å². The molecule has 1 aromatic carbocycles. The molecule has 0 bridgehead atoms. The van der Waals surface area contributed by atoms with Crippen LogP contribution in [0.4, 0.5) is 5.95 Å². The summed E-state index contributed by atoms with van der Waals surface area (Å²) in [6.45, 7) is 2.31. The summed E-state index contributed by atoms with van der Waals surface area (Å²) in [7, 11) is -1.53. The number of primary amides is 1. The summed E-state index contributed by atoms with van der Waals surface area (Å²) in [5.74, 6) is 1.22. The number of carbonyl (C=O) groups is 1. The number of amides is 1. The Hall–Kier alpha value is -3.83. The molecule has 3 heterocycles. The highest BCUT2D eigenvalue weighted by Crippen LogP contribution is 2.20. The van der Waals surface area contributed by atoms with Crippen molar-refractivity contribution in [2.45, 2.75) is 19.9 Å². The van der Waals surface area contributed by atoms with Gasteiger partial charge in [-0.3, -0.25) is 9.20 Å². The van der Waals surface area contributed by atoms with Gasteiger partial charge in [0.1, 0.15) is 5.82 Å². The highest BCUT2D eigenvalue weighted by Gasteiger charge is 2.16. The van der Waals surface area contributed by atoms with Crippen molar-refractivity contribution in [3.05, 3.63) is 65.7 Å². The van der Waals surface area contributed by atoms with Crippen LogP contribution in [0, 0.1) is 0 Å². The average Bonchev–Trinajstić information content (AvgIpc) is 3.21. The van der Waals surface area contributed by atoms with E-state index in [1.165, 1.54) is 0 Å². The number of aryl methyl sites for hydroxylation is 1. The number of nitrogens with one attached hydrogen (secondary N) is 1. The molecule has 156 valence electrons. The number of imidazole rings is 1. The van der Waals surface area contributed by atoms with Gasteiger partial charge >= 0.3 is 7.12 Å². The minimum absolute atomic E-state index is 0.357. The Bertz CT molecular complexity index is 1260. The molecule has 10 nitrogen and oxygen atoms in total. The lowest BCUT2D eigenvalue weighted by Crippen LogP contribution is -2.30. The number of benzene rings is 1. The molecule has 4 aromatic rings. The topological polar surface area (TPSA) is 152 Å². The van der Waals surface area contributed by atoms with Gasteiger partial charge in [0, 0.05) is 19.2 Å². The number of nitrogens with two attached hydrogens (primary N) is 1. The quantitative estimate of drug-likeness (QED) is 0.310. The highest BCUT2D eigenvalue weighted by molar-refractivity contribution is 6.58. The van der Waals surface area contributed by atoms with E-state index in [9.17, 15) is 14.8 Å². The Kier molecular flexibility index (Phi) is 5.61. The molecule has 0 unspecified atom stereocenters. The first kappa shape index (κ1) is 20.4. The molecular formula is C20H20BN7O3. The van der Waals surface area contributed by atoms with Crippen LogP contribution in [-0.2, 0) is 13.0 Å². The average molecular weight is 417 g/mol. The minimum atomic E-state index is -1.53. The molecule has 0 aliphatic carbocycles. The van der Waals surface area contributed by atoms with E-state index in [4.69, 9.17) is 5.73 Å². The third-order valence-corrected chi connectivity index (χ3v) is 4.73. The number of pyridine rings is 1. The fourth-order valence-corrected chi connectivity index (χ4v) is 3.20. The lowest BCUT2D eigenvalue weighted by atomic mass is 9.80. The predicted molar refractivity (Wildman–Crippen MR) is 116 cm³/mol. The fraction of sp³-hybridized carbons (Fsp3) is 0.150. The van der Waals surface area contributed by atoms with Crippen LogP contribution in [0.5, 0.6) is 0 Å². The monoisotopic (exact) mass is 417 g/mol. The number of rotatable bonds is 7. The zero-order valence-corrected chi connectivity index (χ0v) is 16.7. The SMILES string of the molecule is CCc1nc(NCc2cccc(B(O)O)c2)nc(-c2ncc3c(C(N)=O)cccn23)n1. The van der Waals surface area contributed by atoms with E-state index in [0.717, 1.165) is 5.56 Å². The molecule has 5 N–H and O–H groups in total. The van der Waals surface area contributed by atoms with Crippen LogP contribution < -0.4 is 16.5 Å². The molecule has 0 radical (unpaired) electrons. The second-order valence-electron chi connectivity index (χ2n) is 6.85. The summed E-state index contributed by atoms with van der Waals surface area (Å²) in [5, 5.41) is 21.8. The van der Waals surface area contributed by atoms with Crippen molar-refractivity contribution >= 4 is 30.0 Å². The van der Waals surface area contributed by atoms with Crippen LogP contribution in [0.3, 0.4) is 0 Å². The first-order valence-corrected chi connectivity index (χ1v) is 9.66. The second kappa shape index (κ2) is 8.50. The van der Waals surface area contributed by atoms with Gasteiger partial charge in [0.2, 0.25) is 11.8 Å². The number of fused-ring (bicyclic) bond motifs is 1. The smallest absolute Gasteiger partial charge is 0.423 e. The van der Waals surface area contributed by atoms with Gasteiger partial charge in [0.05, 0.1) is 17.3 Å². The van der Waals surface area contributed by atoms with Gasteiger partial charge in [-0.1, -0.05) is 31.2 Å². The van der Waals surface area contributed by atoms with Gasteiger partial charge in [-0.05, 0) is 23.2 Å². The van der Waals surface area contributed by atoms with Crippen molar-refractivity contribution in [2.24, 2.45) is 5.73 Å². The van der Waals surface area contributed by atoms with E-state index in [1.807, 2.05) is 13.0 Å². The predicted octanol–water partition coefficient (Wildman–Crippen LogP) is 0.139. The van der Waals surface area contributed by atoms with Crippen LogP contribution in [-0.4, -0.2) is 47.4 Å². The van der Waals surface area contributed by atoms with Gasteiger partial charge in [0.15, 0.2) is 5.82 Å². The summed E-state index contributed by atoms with van der Waals surface area (Å²) < 4.78 is 1.71. The second-order valence-corrected chi connectivity index (χ2v) is 6.85. The van der Waals surface area contributed by atoms with E-state index >= 15 is 0 Å². The van der Waals surface area contributed by atoms with Crippen molar-refractivity contribution in [2.75, 3.05) is 5.32 Å². The molecular weight excluding hydrogens is 397 g/mol. The molecule has 0 saturated heterocycles. The van der Waals surface area contributed by atoms with Crippen LogP contribution >= 0.6 is 0 Å². The minimum Gasteiger partial charge on any atom is -0.423 e. The van der Waals surface area contributed by atoms with Crippen molar-refractivity contribution < 1.29 is 14.8 Å². The van der Waals surface area contributed by atoms with Gasteiger partial charge in [-0.25, -0.2) is 9.97 Å². The number of anilines is 1. The Morgan fingerprint density at radius 1 is 1.19 bits per heavy atom. The summed E-state index contributed by atoms with van der Waals surface area (Å²) in [6, 6.07) is 10.3. The standard InChI is InChI=1S/C20H20BN7O3/c1-2-16-25-18(19-23-11-15-14(17(22)29)7-4-8-28(15)19)27-20(26-16)24-10-12-5-3-6-13(9-12)21(30)31/h3-9,11,30-31H,2,10H2,1H3,(H2,22,29)(H,24,25,26,27). The molecule has 1 amide bonds. The number of nitrogens with zero attached hydrogens (tertiary/aromatic N) is 5. The molecule has 0 atom stereocenters. The zero-order valence-electron chi connectivity index (χ0n) is 16.7. The molecule has 0 aliphatic rings. The Labute approximate surface area is 178 Å². The Morgan fingerprint density at radius 3 is 2.77 bits per heavy atom. The molecule has 0 spiro atoms. The largest absolute Gasteiger partial charge is 0.488 e. The number of hydrogen-bond donors (Lipinski definition) is 4. The van der Waals surface area contributed by atoms with E-state index in [0.29, 0.717) is 52.9 Å². The van der Waals surface area contributed by atoms with Gasteiger partial charge in [-0.15, -0.1) is 0 Å². The molecule has 0 aliphatic heterocycles. The Morgan fingerprint density at radius 2 is 2.03 bits per heavy atom. The van der Waals surface area contributed by atoms with Crippen molar-refractivity contribution in [3.63, 3.8) is 0 Å². The van der Waals surface area contributed by atoms with E-state index in [2.05, 4.69) is 25.3 Å². The highest BCUT2D eigenvalue weighted by atomic mass is 16.4. The maximum atomic E-state index is 11.7. The maximum absolute atomic E-state index is 11.7. The molecule has 31 heavy (non-hydrogen) atoms. The molecule has 4 rings (SSSR count). The van der Waals surface area contributed by atoms with Gasteiger partial charge < -0.3 is 21.1 Å². The molecule has 0 saturated carbocycles. The van der Waals surface area contributed by atoms with Crippen molar-refractivity contribution in [3.8, 4) is 11.6 Å². The van der Waals surface area contributed by atoms with Crippen LogP contribution in [0.25, 0.3) is 17.2 Å². The van der Waals surface area contributed by atoms with E-state index in [1.54, 1.807) is 47.1 Å². The van der Waals surface area contributed by atoms with Crippen molar-refractivity contribution in [1.29, 1.82) is 0 Å². The first-order valence-electron chi connectivity index (χ1n) is 9.66. The summed E-state index contributed by atoms with van der Waals surface area (Å²) in [6.07, 6.45) is 3.91. The lowest BCUT2D eigenvalue weighted by molar-refractivity contribution is 0.100. The third kappa shape index (κ3) is 4.22.